The second-order valence-electron chi connectivity index (χ2n) is 4.07. The molecule has 2 N–H and O–H groups in total. The van der Waals surface area contributed by atoms with Crippen molar-refractivity contribution in [2.45, 2.75) is 31.6 Å². The SMILES string of the molecule is [C-]#[N+]CCCCCC(CN)c1ccccc1. The summed E-state index contributed by atoms with van der Waals surface area (Å²) in [5.41, 5.74) is 7.14. The van der Waals surface area contributed by atoms with Crippen LogP contribution in [0.2, 0.25) is 0 Å². The van der Waals surface area contributed by atoms with Gasteiger partial charge >= 0.3 is 0 Å². The van der Waals surface area contributed by atoms with Crippen LogP contribution in [0.1, 0.15) is 37.2 Å². The topological polar surface area (TPSA) is 30.4 Å². The Hall–Kier alpha value is -1.33. The van der Waals surface area contributed by atoms with E-state index >= 15 is 0 Å². The molecule has 0 aliphatic rings. The first-order chi connectivity index (χ1) is 7.88. The van der Waals surface area contributed by atoms with Gasteiger partial charge in [-0.2, -0.15) is 0 Å². The third kappa shape index (κ3) is 4.46. The maximum atomic E-state index is 6.70. The van der Waals surface area contributed by atoms with Crippen molar-refractivity contribution in [3.05, 3.63) is 47.3 Å². The molecule has 0 aliphatic carbocycles. The lowest BCUT2D eigenvalue weighted by Gasteiger charge is -2.14. The number of nitrogens with zero attached hydrogens (tertiary/aromatic N) is 1. The first kappa shape index (κ1) is 12.7. The molecule has 2 nitrogen and oxygen atoms in total. The minimum Gasteiger partial charge on any atom is -0.330 e. The van der Waals surface area contributed by atoms with E-state index in [1.165, 1.54) is 12.0 Å². The number of unbranched alkanes of at least 4 members (excludes halogenated alkanes) is 2. The molecule has 0 amide bonds. The van der Waals surface area contributed by atoms with Gasteiger partial charge in [-0.05, 0) is 30.9 Å². The van der Waals surface area contributed by atoms with Crippen LogP contribution in [0.3, 0.4) is 0 Å². The minimum absolute atomic E-state index is 0.481. The Bertz CT molecular complexity index is 313. The van der Waals surface area contributed by atoms with Crippen LogP contribution in [-0.2, 0) is 0 Å². The second-order valence-corrected chi connectivity index (χ2v) is 4.07. The van der Waals surface area contributed by atoms with E-state index in [1.54, 1.807) is 0 Å². The van der Waals surface area contributed by atoms with Crippen LogP contribution in [0.4, 0.5) is 0 Å². The zero-order valence-corrected chi connectivity index (χ0v) is 9.73. The molecule has 0 saturated carbocycles. The molecule has 0 spiro atoms. The summed E-state index contributed by atoms with van der Waals surface area (Å²) < 4.78 is 0. The van der Waals surface area contributed by atoms with Crippen LogP contribution in [0, 0.1) is 6.57 Å². The smallest absolute Gasteiger partial charge is 0.214 e. The van der Waals surface area contributed by atoms with Crippen molar-refractivity contribution in [1.29, 1.82) is 0 Å². The van der Waals surface area contributed by atoms with E-state index in [4.69, 9.17) is 12.3 Å². The van der Waals surface area contributed by atoms with Crippen LogP contribution >= 0.6 is 0 Å². The predicted octanol–water partition coefficient (Wildman–Crippen LogP) is 3.21. The van der Waals surface area contributed by atoms with Gasteiger partial charge in [-0.15, -0.1) is 0 Å². The Morgan fingerprint density at radius 3 is 2.50 bits per heavy atom. The van der Waals surface area contributed by atoms with Gasteiger partial charge in [-0.3, -0.25) is 0 Å². The highest BCUT2D eigenvalue weighted by Gasteiger charge is 2.08. The van der Waals surface area contributed by atoms with E-state index in [-0.39, 0.29) is 0 Å². The Morgan fingerprint density at radius 2 is 1.88 bits per heavy atom. The summed E-state index contributed by atoms with van der Waals surface area (Å²) in [6.45, 7) is 8.08. The second kappa shape index (κ2) is 7.90. The largest absolute Gasteiger partial charge is 0.330 e. The summed E-state index contributed by atoms with van der Waals surface area (Å²) in [5.74, 6) is 0.481. The van der Waals surface area contributed by atoms with Crippen molar-refractivity contribution >= 4 is 0 Å². The molecular formula is C14H20N2. The molecule has 0 aromatic heterocycles. The predicted molar refractivity (Wildman–Crippen MR) is 68.2 cm³/mol. The molecule has 1 aromatic carbocycles. The Kier molecular flexibility index (Phi) is 6.29. The Labute approximate surface area is 98.3 Å². The number of nitrogens with two attached hydrogens (primary N) is 1. The Balaban J connectivity index is 2.31. The lowest BCUT2D eigenvalue weighted by Crippen LogP contribution is -2.12. The molecule has 0 bridgehead atoms. The summed E-state index contributed by atoms with van der Waals surface area (Å²) in [6, 6.07) is 10.5. The molecule has 1 aromatic rings. The fraction of sp³-hybridized carbons (Fsp3) is 0.500. The first-order valence-corrected chi connectivity index (χ1v) is 5.96. The van der Waals surface area contributed by atoms with Gasteiger partial charge < -0.3 is 10.6 Å². The third-order valence-electron chi connectivity index (χ3n) is 2.88. The first-order valence-electron chi connectivity index (χ1n) is 5.96. The fourth-order valence-corrected chi connectivity index (χ4v) is 1.90. The van der Waals surface area contributed by atoms with Gasteiger partial charge in [0, 0.05) is 6.42 Å². The average Bonchev–Trinajstić information content (AvgIpc) is 2.35. The highest BCUT2D eigenvalue weighted by molar-refractivity contribution is 5.19. The van der Waals surface area contributed by atoms with E-state index in [0.717, 1.165) is 19.3 Å². The summed E-state index contributed by atoms with van der Waals surface area (Å²) >= 11 is 0. The molecule has 0 fully saturated rings. The van der Waals surface area contributed by atoms with E-state index in [2.05, 4.69) is 29.1 Å². The van der Waals surface area contributed by atoms with Gasteiger partial charge in [-0.25, -0.2) is 6.57 Å². The van der Waals surface area contributed by atoms with Gasteiger partial charge in [0.1, 0.15) is 0 Å². The highest BCUT2D eigenvalue weighted by atomic mass is 14.6. The van der Waals surface area contributed by atoms with Crippen LogP contribution < -0.4 is 5.73 Å². The highest BCUT2D eigenvalue weighted by Crippen LogP contribution is 2.20. The number of hydrogen-bond donors (Lipinski definition) is 1. The van der Waals surface area contributed by atoms with Gasteiger partial charge in [-0.1, -0.05) is 36.8 Å². The molecule has 1 unspecified atom stereocenters. The van der Waals surface area contributed by atoms with Gasteiger partial charge in [0.25, 0.3) is 0 Å². The van der Waals surface area contributed by atoms with Crippen molar-refractivity contribution in [3.8, 4) is 0 Å². The van der Waals surface area contributed by atoms with E-state index in [0.29, 0.717) is 19.0 Å². The van der Waals surface area contributed by atoms with Crippen LogP contribution in [-0.4, -0.2) is 13.1 Å². The van der Waals surface area contributed by atoms with Crippen molar-refractivity contribution < 1.29 is 0 Å². The van der Waals surface area contributed by atoms with Gasteiger partial charge in [0.05, 0.1) is 0 Å². The van der Waals surface area contributed by atoms with Crippen LogP contribution in [0.15, 0.2) is 30.3 Å². The standard InChI is InChI=1S/C14H20N2/c1-16-11-7-3-6-10-14(12-15)13-8-4-2-5-9-13/h2,4-5,8-9,14H,3,6-7,10-12,15H2. The van der Waals surface area contributed by atoms with Gasteiger partial charge in [0.15, 0.2) is 0 Å². The maximum Gasteiger partial charge on any atom is 0.214 e. The molecule has 1 atom stereocenters. The van der Waals surface area contributed by atoms with Crippen molar-refractivity contribution in [2.24, 2.45) is 5.73 Å². The van der Waals surface area contributed by atoms with Crippen molar-refractivity contribution in [2.75, 3.05) is 13.1 Å². The zero-order chi connectivity index (χ0) is 11.6. The minimum atomic E-state index is 0.481. The summed E-state index contributed by atoms with van der Waals surface area (Å²) in [6.07, 6.45) is 4.48. The summed E-state index contributed by atoms with van der Waals surface area (Å²) in [5, 5.41) is 0. The number of rotatable bonds is 7. The molecule has 0 saturated heterocycles. The van der Waals surface area contributed by atoms with Crippen molar-refractivity contribution in [1.82, 2.24) is 0 Å². The maximum absolute atomic E-state index is 6.70. The number of hydrogen-bond acceptors (Lipinski definition) is 1. The normalized spacial score (nSPS) is 12.0. The lowest BCUT2D eigenvalue weighted by atomic mass is 9.93. The molecular weight excluding hydrogens is 196 g/mol. The molecule has 1 rings (SSSR count). The molecule has 86 valence electrons. The third-order valence-corrected chi connectivity index (χ3v) is 2.88. The molecule has 2 heteroatoms. The van der Waals surface area contributed by atoms with E-state index in [9.17, 15) is 0 Å². The summed E-state index contributed by atoms with van der Waals surface area (Å²) in [4.78, 5) is 3.36. The lowest BCUT2D eigenvalue weighted by molar-refractivity contribution is 0.570. The summed E-state index contributed by atoms with van der Waals surface area (Å²) in [7, 11) is 0. The number of benzene rings is 1. The average molecular weight is 216 g/mol. The van der Waals surface area contributed by atoms with E-state index < -0.39 is 0 Å². The van der Waals surface area contributed by atoms with Crippen LogP contribution in [0.25, 0.3) is 4.85 Å². The molecule has 0 aliphatic heterocycles. The van der Waals surface area contributed by atoms with Crippen LogP contribution in [0.5, 0.6) is 0 Å². The Morgan fingerprint density at radius 1 is 1.12 bits per heavy atom. The van der Waals surface area contributed by atoms with Crippen molar-refractivity contribution in [3.63, 3.8) is 0 Å². The fourth-order valence-electron chi connectivity index (χ4n) is 1.90. The monoisotopic (exact) mass is 216 g/mol. The molecule has 0 radical (unpaired) electrons. The molecule has 16 heavy (non-hydrogen) atoms. The molecule has 0 heterocycles. The van der Waals surface area contributed by atoms with E-state index in [1.807, 2.05) is 6.07 Å². The zero-order valence-electron chi connectivity index (χ0n) is 9.73. The quantitative estimate of drug-likeness (QED) is 0.550. The van der Waals surface area contributed by atoms with Gasteiger partial charge in [0.2, 0.25) is 6.54 Å².